The molecule has 7 nitrogen and oxygen atoms in total. The number of nitriles is 1. The predicted molar refractivity (Wildman–Crippen MR) is 89.8 cm³/mol. The second-order valence-electron chi connectivity index (χ2n) is 6.76. The third-order valence-electron chi connectivity index (χ3n) is 4.73. The van der Waals surface area contributed by atoms with Crippen molar-refractivity contribution in [2.24, 2.45) is 5.73 Å². The number of non-ortho nitro benzene ring substituents is 1. The van der Waals surface area contributed by atoms with Crippen molar-refractivity contribution in [3.63, 3.8) is 0 Å². The van der Waals surface area contributed by atoms with E-state index < -0.39 is 36.6 Å². The van der Waals surface area contributed by atoms with Crippen LogP contribution >= 0.6 is 0 Å². The number of halogens is 1. The van der Waals surface area contributed by atoms with Crippen LogP contribution in [0, 0.1) is 27.3 Å². The molecule has 0 unspecified atom stereocenters. The summed E-state index contributed by atoms with van der Waals surface area (Å²) in [5, 5.41) is 20.4. The molecule has 0 bridgehead atoms. The maximum atomic E-state index is 14.2. The van der Waals surface area contributed by atoms with Crippen molar-refractivity contribution in [1.29, 1.82) is 5.26 Å². The summed E-state index contributed by atoms with van der Waals surface area (Å²) in [6.07, 6.45) is 2.55. The number of sulfone groups is 1. The van der Waals surface area contributed by atoms with Crippen molar-refractivity contribution in [2.75, 3.05) is 5.75 Å². The minimum absolute atomic E-state index is 0.222. The Morgan fingerprint density at radius 3 is 2.52 bits per heavy atom. The van der Waals surface area contributed by atoms with E-state index in [0.717, 1.165) is 24.6 Å². The molecular weight excluding hydrogens is 349 g/mol. The van der Waals surface area contributed by atoms with E-state index in [1.54, 1.807) is 0 Å². The highest BCUT2D eigenvalue weighted by molar-refractivity contribution is 7.93. The zero-order valence-electron chi connectivity index (χ0n) is 13.9. The molecular formula is C16H20FN3O4S. The normalized spacial score (nSPS) is 19.6. The maximum Gasteiger partial charge on any atom is 0.269 e. The van der Waals surface area contributed by atoms with Gasteiger partial charge in [-0.15, -0.1) is 0 Å². The summed E-state index contributed by atoms with van der Waals surface area (Å²) in [7, 11) is -3.97. The van der Waals surface area contributed by atoms with Crippen molar-refractivity contribution in [3.05, 3.63) is 39.7 Å². The highest BCUT2D eigenvalue weighted by Gasteiger charge is 2.48. The number of hydrogen-bond donors (Lipinski definition) is 1. The fourth-order valence-electron chi connectivity index (χ4n) is 3.29. The van der Waals surface area contributed by atoms with Gasteiger partial charge in [-0.05, 0) is 25.8 Å². The lowest BCUT2D eigenvalue weighted by Crippen LogP contribution is -2.49. The lowest BCUT2D eigenvalue weighted by molar-refractivity contribution is -0.385. The Bertz CT molecular complexity index is 824. The van der Waals surface area contributed by atoms with E-state index in [2.05, 4.69) is 0 Å². The summed E-state index contributed by atoms with van der Waals surface area (Å²) in [6, 6.07) is 4.76. The molecule has 1 fully saturated rings. The molecule has 1 atom stereocenters. The summed E-state index contributed by atoms with van der Waals surface area (Å²) in [5.74, 6) is -1.48. The molecule has 0 aromatic heterocycles. The zero-order valence-corrected chi connectivity index (χ0v) is 14.7. The van der Waals surface area contributed by atoms with Crippen LogP contribution < -0.4 is 5.73 Å². The van der Waals surface area contributed by atoms with Crippen LogP contribution in [0.3, 0.4) is 0 Å². The van der Waals surface area contributed by atoms with E-state index in [9.17, 15) is 28.2 Å². The van der Waals surface area contributed by atoms with Gasteiger partial charge in [0.1, 0.15) is 5.82 Å². The topological polar surface area (TPSA) is 127 Å². The largest absolute Gasteiger partial charge is 0.321 e. The number of rotatable bonds is 5. The van der Waals surface area contributed by atoms with E-state index in [0.29, 0.717) is 12.8 Å². The van der Waals surface area contributed by atoms with Crippen molar-refractivity contribution in [2.45, 2.75) is 49.3 Å². The molecule has 1 aromatic carbocycles. The first-order valence-corrected chi connectivity index (χ1v) is 9.57. The zero-order chi connectivity index (χ0) is 18.9. The number of nitro benzene ring substituents is 1. The molecule has 0 radical (unpaired) electrons. The van der Waals surface area contributed by atoms with Crippen molar-refractivity contribution >= 4 is 15.5 Å². The molecule has 2 N–H and O–H groups in total. The van der Waals surface area contributed by atoms with Gasteiger partial charge < -0.3 is 5.73 Å². The molecule has 2 rings (SSSR count). The number of benzene rings is 1. The number of nitrogens with zero attached hydrogens (tertiary/aromatic N) is 2. The van der Waals surface area contributed by atoms with Gasteiger partial charge in [0, 0.05) is 17.7 Å². The Kier molecular flexibility index (Phi) is 5.16. The number of nitrogens with two attached hydrogens (primary N) is 1. The van der Waals surface area contributed by atoms with Gasteiger partial charge in [-0.25, -0.2) is 12.8 Å². The second-order valence-corrected chi connectivity index (χ2v) is 9.06. The van der Waals surface area contributed by atoms with Gasteiger partial charge in [0.2, 0.25) is 0 Å². The number of nitro groups is 1. The highest BCUT2D eigenvalue weighted by atomic mass is 32.2. The summed E-state index contributed by atoms with van der Waals surface area (Å²) >= 11 is 0. The Morgan fingerprint density at radius 1 is 1.40 bits per heavy atom. The third-order valence-corrected chi connectivity index (χ3v) is 7.40. The predicted octanol–water partition coefficient (Wildman–Crippen LogP) is 2.55. The molecule has 1 saturated carbocycles. The van der Waals surface area contributed by atoms with Gasteiger partial charge in [-0.1, -0.05) is 19.3 Å². The van der Waals surface area contributed by atoms with Gasteiger partial charge in [0.25, 0.3) is 5.69 Å². The lowest BCUT2D eigenvalue weighted by atomic mass is 9.89. The monoisotopic (exact) mass is 369 g/mol. The maximum absolute atomic E-state index is 14.2. The standard InChI is InChI=1S/C16H20FN3O4S/c1-15(19,13-9-12(20(21)22)5-6-14(13)17)11-25(23,24)16(10-18)7-3-2-4-8-16/h5-6,9H,2-4,7-8,11,19H2,1H3/t15-/m0/s1. The van der Waals surface area contributed by atoms with E-state index in [1.807, 2.05) is 6.07 Å². The van der Waals surface area contributed by atoms with E-state index >= 15 is 0 Å². The first-order chi connectivity index (χ1) is 11.5. The quantitative estimate of drug-likeness (QED) is 0.627. The minimum atomic E-state index is -3.97. The molecule has 0 heterocycles. The van der Waals surface area contributed by atoms with Gasteiger partial charge in [0.15, 0.2) is 14.6 Å². The SMILES string of the molecule is C[C@](N)(CS(=O)(=O)C1(C#N)CCCCC1)c1cc([N+](=O)[O-])ccc1F. The van der Waals surface area contributed by atoms with Crippen molar-refractivity contribution in [1.82, 2.24) is 0 Å². The minimum Gasteiger partial charge on any atom is -0.321 e. The van der Waals surface area contributed by atoms with Crippen molar-refractivity contribution in [3.8, 4) is 6.07 Å². The second kappa shape index (κ2) is 6.69. The molecule has 1 aliphatic rings. The fraction of sp³-hybridized carbons (Fsp3) is 0.562. The average Bonchev–Trinajstić information content (AvgIpc) is 2.54. The van der Waals surface area contributed by atoms with Crippen LogP contribution in [0.4, 0.5) is 10.1 Å². The number of hydrogen-bond acceptors (Lipinski definition) is 6. The molecule has 1 aliphatic carbocycles. The van der Waals surface area contributed by atoms with Crippen LogP contribution in [0.5, 0.6) is 0 Å². The Labute approximate surface area is 145 Å². The summed E-state index contributed by atoms with van der Waals surface area (Å²) in [5.41, 5.74) is 3.73. The third kappa shape index (κ3) is 3.65. The van der Waals surface area contributed by atoms with Crippen LogP contribution in [0.1, 0.15) is 44.6 Å². The highest BCUT2D eigenvalue weighted by Crippen LogP contribution is 2.38. The molecule has 0 aliphatic heterocycles. The van der Waals surface area contributed by atoms with E-state index in [-0.39, 0.29) is 24.1 Å². The van der Waals surface area contributed by atoms with Crippen LogP contribution in [0.25, 0.3) is 0 Å². The van der Waals surface area contributed by atoms with E-state index in [1.165, 1.54) is 6.92 Å². The van der Waals surface area contributed by atoms with Gasteiger partial charge in [0.05, 0.1) is 22.3 Å². The molecule has 1 aromatic rings. The Balaban J connectivity index is 2.42. The first kappa shape index (κ1) is 19.3. The molecule has 0 amide bonds. The van der Waals surface area contributed by atoms with Crippen LogP contribution in [0.15, 0.2) is 18.2 Å². The molecule has 136 valence electrons. The molecule has 25 heavy (non-hydrogen) atoms. The first-order valence-electron chi connectivity index (χ1n) is 7.91. The smallest absolute Gasteiger partial charge is 0.269 e. The summed E-state index contributed by atoms with van der Waals surface area (Å²) < 4.78 is 38.4. The van der Waals surface area contributed by atoms with Crippen LogP contribution in [-0.2, 0) is 15.4 Å². The molecule has 0 spiro atoms. The van der Waals surface area contributed by atoms with Crippen LogP contribution in [-0.4, -0.2) is 23.8 Å². The Hall–Kier alpha value is -2.05. The lowest BCUT2D eigenvalue weighted by Gasteiger charge is -2.34. The Morgan fingerprint density at radius 2 is 2.00 bits per heavy atom. The average molecular weight is 369 g/mol. The van der Waals surface area contributed by atoms with Gasteiger partial charge in [-0.3, -0.25) is 10.1 Å². The van der Waals surface area contributed by atoms with Crippen LogP contribution in [0.2, 0.25) is 0 Å². The van der Waals surface area contributed by atoms with Gasteiger partial charge in [-0.2, -0.15) is 5.26 Å². The van der Waals surface area contributed by atoms with Gasteiger partial charge >= 0.3 is 0 Å². The van der Waals surface area contributed by atoms with Crippen molar-refractivity contribution < 1.29 is 17.7 Å². The fourth-order valence-corrected chi connectivity index (χ4v) is 5.56. The summed E-state index contributed by atoms with van der Waals surface area (Å²) in [6.45, 7) is 1.31. The summed E-state index contributed by atoms with van der Waals surface area (Å²) in [4.78, 5) is 10.2. The van der Waals surface area contributed by atoms with E-state index in [4.69, 9.17) is 5.73 Å². The molecule has 9 heteroatoms. The molecule has 0 saturated heterocycles.